The average molecular weight is 380 g/mol. The van der Waals surface area contributed by atoms with Gasteiger partial charge in [0, 0.05) is 50.6 Å². The van der Waals surface area contributed by atoms with Gasteiger partial charge in [-0.3, -0.25) is 14.6 Å². The van der Waals surface area contributed by atoms with Crippen LogP contribution in [0.25, 0.3) is 0 Å². The highest BCUT2D eigenvalue weighted by molar-refractivity contribution is 5.94. The molecule has 3 rings (SSSR count). The number of carbonyl (C=O) groups is 2. The Kier molecular flexibility index (Phi) is 7.18. The van der Waals surface area contributed by atoms with Crippen molar-refractivity contribution in [1.82, 2.24) is 14.8 Å². The fraction of sp³-hybridized carbons (Fsp3) is 0.435. The van der Waals surface area contributed by atoms with Crippen molar-refractivity contribution in [2.75, 3.05) is 19.6 Å². The van der Waals surface area contributed by atoms with Crippen LogP contribution in [-0.4, -0.2) is 46.2 Å². The van der Waals surface area contributed by atoms with E-state index in [9.17, 15) is 9.59 Å². The number of nitrogens with zero attached hydrogens (tertiary/aromatic N) is 3. The first-order valence-corrected chi connectivity index (χ1v) is 10.2. The van der Waals surface area contributed by atoms with Crippen LogP contribution in [0.3, 0.4) is 0 Å². The number of pyridine rings is 1. The van der Waals surface area contributed by atoms with Gasteiger partial charge in [-0.25, -0.2) is 0 Å². The first-order chi connectivity index (χ1) is 13.7. The second-order valence-corrected chi connectivity index (χ2v) is 7.40. The van der Waals surface area contributed by atoms with E-state index in [1.807, 2.05) is 59.2 Å². The van der Waals surface area contributed by atoms with Crippen LogP contribution in [-0.2, 0) is 11.3 Å². The van der Waals surface area contributed by atoms with E-state index < -0.39 is 0 Å². The Bertz CT molecular complexity index is 756. The van der Waals surface area contributed by atoms with Crippen molar-refractivity contribution in [3.63, 3.8) is 0 Å². The second kappa shape index (κ2) is 10.0. The Morgan fingerprint density at radius 1 is 1.07 bits per heavy atom. The minimum atomic E-state index is 0.115. The van der Waals surface area contributed by atoms with Crippen LogP contribution in [0.2, 0.25) is 0 Å². The summed E-state index contributed by atoms with van der Waals surface area (Å²) in [4.78, 5) is 33.0. The Hall–Kier alpha value is -2.69. The first-order valence-electron chi connectivity index (χ1n) is 10.2. The molecular weight excluding hydrogens is 350 g/mol. The number of piperidine rings is 1. The molecule has 1 aliphatic heterocycles. The van der Waals surface area contributed by atoms with Crippen LogP contribution in [0, 0.1) is 5.92 Å². The summed E-state index contributed by atoms with van der Waals surface area (Å²) >= 11 is 0. The predicted octanol–water partition coefficient (Wildman–Crippen LogP) is 3.76. The molecule has 5 nitrogen and oxygen atoms in total. The third kappa shape index (κ3) is 5.41. The molecule has 2 amide bonds. The third-order valence-electron chi connectivity index (χ3n) is 5.55. The largest absolute Gasteiger partial charge is 0.339 e. The van der Waals surface area contributed by atoms with E-state index in [1.165, 1.54) is 0 Å². The lowest BCUT2D eigenvalue weighted by molar-refractivity contribution is -0.132. The van der Waals surface area contributed by atoms with Gasteiger partial charge in [-0.2, -0.15) is 0 Å². The normalized spacial score (nSPS) is 14.7. The molecule has 0 spiro atoms. The van der Waals surface area contributed by atoms with Crippen LogP contribution < -0.4 is 0 Å². The van der Waals surface area contributed by atoms with Crippen LogP contribution >= 0.6 is 0 Å². The van der Waals surface area contributed by atoms with Crippen molar-refractivity contribution in [1.29, 1.82) is 0 Å². The minimum absolute atomic E-state index is 0.115. The lowest BCUT2D eigenvalue weighted by Crippen LogP contribution is -2.38. The van der Waals surface area contributed by atoms with E-state index in [4.69, 9.17) is 0 Å². The van der Waals surface area contributed by atoms with Crippen molar-refractivity contribution in [3.8, 4) is 0 Å². The Balaban J connectivity index is 1.43. The summed E-state index contributed by atoms with van der Waals surface area (Å²) in [5, 5.41) is 0. The van der Waals surface area contributed by atoms with Crippen molar-refractivity contribution in [2.24, 2.45) is 5.92 Å². The Labute approximate surface area is 167 Å². The van der Waals surface area contributed by atoms with Gasteiger partial charge in [-0.05, 0) is 61.9 Å². The molecule has 1 aromatic carbocycles. The summed E-state index contributed by atoms with van der Waals surface area (Å²) in [6.07, 6.45) is 6.95. The molecule has 0 aliphatic carbocycles. The maximum absolute atomic E-state index is 12.6. The van der Waals surface area contributed by atoms with Gasteiger partial charge in [0.05, 0.1) is 0 Å². The van der Waals surface area contributed by atoms with Crippen LogP contribution in [0.4, 0.5) is 0 Å². The lowest BCUT2D eigenvalue weighted by atomic mass is 9.91. The van der Waals surface area contributed by atoms with Gasteiger partial charge in [0.1, 0.15) is 0 Å². The summed E-state index contributed by atoms with van der Waals surface area (Å²) < 4.78 is 0. The molecule has 28 heavy (non-hydrogen) atoms. The number of aromatic nitrogens is 1. The molecule has 0 atom stereocenters. The van der Waals surface area contributed by atoms with E-state index in [0.717, 1.165) is 43.5 Å². The smallest absolute Gasteiger partial charge is 0.253 e. The van der Waals surface area contributed by atoms with E-state index in [1.54, 1.807) is 12.4 Å². The molecule has 0 bridgehead atoms. The van der Waals surface area contributed by atoms with Gasteiger partial charge in [-0.1, -0.05) is 18.2 Å². The highest BCUT2D eigenvalue weighted by atomic mass is 16.2. The standard InChI is InChI=1S/C23H29N3O2/c1-2-25(18-20-10-14-24-15-11-20)22(27)9-8-19-12-16-26(17-13-19)23(28)21-6-4-3-5-7-21/h3-7,10-11,14-15,19H,2,8-9,12-13,16-18H2,1H3. The van der Waals surface area contributed by atoms with E-state index in [-0.39, 0.29) is 11.8 Å². The predicted molar refractivity (Wildman–Crippen MR) is 110 cm³/mol. The summed E-state index contributed by atoms with van der Waals surface area (Å²) in [6, 6.07) is 13.4. The van der Waals surface area contributed by atoms with E-state index in [2.05, 4.69) is 4.98 Å². The van der Waals surface area contributed by atoms with Gasteiger partial charge in [0.15, 0.2) is 0 Å². The average Bonchev–Trinajstić information content (AvgIpc) is 2.77. The van der Waals surface area contributed by atoms with Gasteiger partial charge in [0.25, 0.3) is 5.91 Å². The maximum Gasteiger partial charge on any atom is 0.253 e. The van der Waals surface area contributed by atoms with Crippen molar-refractivity contribution < 1.29 is 9.59 Å². The van der Waals surface area contributed by atoms with Gasteiger partial charge >= 0.3 is 0 Å². The van der Waals surface area contributed by atoms with Crippen molar-refractivity contribution >= 4 is 11.8 Å². The molecule has 1 fully saturated rings. The molecule has 2 aromatic rings. The number of hydrogen-bond donors (Lipinski definition) is 0. The summed E-state index contributed by atoms with van der Waals surface area (Å²) in [5.74, 6) is 0.843. The number of carbonyl (C=O) groups excluding carboxylic acids is 2. The Morgan fingerprint density at radius 2 is 1.75 bits per heavy atom. The summed E-state index contributed by atoms with van der Waals surface area (Å²) in [5.41, 5.74) is 1.86. The zero-order valence-corrected chi connectivity index (χ0v) is 16.6. The first kappa shape index (κ1) is 20.1. The fourth-order valence-corrected chi connectivity index (χ4v) is 3.76. The number of rotatable bonds is 7. The molecule has 5 heteroatoms. The monoisotopic (exact) mass is 379 g/mol. The number of amides is 2. The quantitative estimate of drug-likeness (QED) is 0.736. The van der Waals surface area contributed by atoms with E-state index >= 15 is 0 Å². The minimum Gasteiger partial charge on any atom is -0.339 e. The summed E-state index contributed by atoms with van der Waals surface area (Å²) in [7, 11) is 0. The van der Waals surface area contributed by atoms with Crippen molar-refractivity contribution in [2.45, 2.75) is 39.2 Å². The maximum atomic E-state index is 12.6. The SMILES string of the molecule is CCN(Cc1ccncc1)C(=O)CCC1CCN(C(=O)c2ccccc2)CC1. The molecule has 0 unspecified atom stereocenters. The van der Waals surface area contributed by atoms with E-state index in [0.29, 0.717) is 25.4 Å². The molecule has 1 saturated heterocycles. The fourth-order valence-electron chi connectivity index (χ4n) is 3.76. The highest BCUT2D eigenvalue weighted by Gasteiger charge is 2.24. The number of likely N-dealkylation sites (tertiary alicyclic amines) is 1. The summed E-state index contributed by atoms with van der Waals surface area (Å²) in [6.45, 7) is 4.93. The zero-order valence-electron chi connectivity index (χ0n) is 16.6. The molecule has 0 radical (unpaired) electrons. The van der Waals surface area contributed by atoms with Crippen molar-refractivity contribution in [3.05, 3.63) is 66.0 Å². The molecule has 148 valence electrons. The van der Waals surface area contributed by atoms with Gasteiger partial charge in [-0.15, -0.1) is 0 Å². The highest BCUT2D eigenvalue weighted by Crippen LogP contribution is 2.23. The number of hydrogen-bond acceptors (Lipinski definition) is 3. The van der Waals surface area contributed by atoms with Crippen LogP contribution in [0.1, 0.15) is 48.5 Å². The zero-order chi connectivity index (χ0) is 19.8. The molecule has 0 N–H and O–H groups in total. The molecule has 0 saturated carbocycles. The van der Waals surface area contributed by atoms with Crippen LogP contribution in [0.5, 0.6) is 0 Å². The third-order valence-corrected chi connectivity index (χ3v) is 5.55. The molecular formula is C23H29N3O2. The van der Waals surface area contributed by atoms with Crippen LogP contribution in [0.15, 0.2) is 54.9 Å². The molecule has 2 heterocycles. The number of benzene rings is 1. The second-order valence-electron chi connectivity index (χ2n) is 7.40. The topological polar surface area (TPSA) is 53.5 Å². The lowest BCUT2D eigenvalue weighted by Gasteiger charge is -2.32. The molecule has 1 aromatic heterocycles. The Morgan fingerprint density at radius 3 is 2.39 bits per heavy atom. The molecule has 1 aliphatic rings. The van der Waals surface area contributed by atoms with Gasteiger partial charge < -0.3 is 9.80 Å². The van der Waals surface area contributed by atoms with Gasteiger partial charge in [0.2, 0.25) is 5.91 Å².